The van der Waals surface area contributed by atoms with Crippen LogP contribution in [-0.4, -0.2) is 18.7 Å². The maximum absolute atomic E-state index is 6.24. The predicted molar refractivity (Wildman–Crippen MR) is 88.9 cm³/mol. The van der Waals surface area contributed by atoms with E-state index in [0.29, 0.717) is 0 Å². The van der Waals surface area contributed by atoms with Crippen LogP contribution < -0.4 is 10.1 Å². The first-order valence-corrected chi connectivity index (χ1v) is 7.62. The van der Waals surface area contributed by atoms with Crippen LogP contribution in [0.15, 0.2) is 54.6 Å². The second-order valence-corrected chi connectivity index (χ2v) is 5.91. The molecular weight excluding hydrogens is 258 g/mol. The normalized spacial score (nSPS) is 11.4. The Bertz CT molecular complexity index is 549. The predicted octanol–water partition coefficient (Wildman–Crippen LogP) is 4.04. The summed E-state index contributed by atoms with van der Waals surface area (Å²) in [6, 6.07) is 18.8. The lowest BCUT2D eigenvalue weighted by Crippen LogP contribution is -2.40. The Labute approximate surface area is 128 Å². The van der Waals surface area contributed by atoms with E-state index in [2.05, 4.69) is 68.6 Å². The smallest absolute Gasteiger partial charge is 0.123 e. The topological polar surface area (TPSA) is 21.3 Å². The van der Waals surface area contributed by atoms with E-state index in [1.807, 2.05) is 12.1 Å². The van der Waals surface area contributed by atoms with Crippen LogP contribution in [0.4, 0.5) is 0 Å². The van der Waals surface area contributed by atoms with E-state index in [1.54, 1.807) is 0 Å². The van der Waals surface area contributed by atoms with Crippen molar-refractivity contribution in [2.45, 2.75) is 32.8 Å². The monoisotopic (exact) mass is 283 g/mol. The Hall–Kier alpha value is -1.80. The van der Waals surface area contributed by atoms with Gasteiger partial charge in [0.1, 0.15) is 11.4 Å². The molecule has 0 aliphatic heterocycles. The quantitative estimate of drug-likeness (QED) is 0.828. The zero-order chi connectivity index (χ0) is 15.1. The average molecular weight is 283 g/mol. The van der Waals surface area contributed by atoms with Crippen molar-refractivity contribution in [2.24, 2.45) is 0 Å². The molecular formula is C19H25NO. The molecule has 0 heterocycles. The third-order valence-electron chi connectivity index (χ3n) is 3.40. The van der Waals surface area contributed by atoms with Crippen LogP contribution in [0.3, 0.4) is 0 Å². The lowest BCUT2D eigenvalue weighted by Gasteiger charge is -2.28. The standard InChI is InChI=1S/C19H25NO/c1-4-20-15-19(2,3)21-18-13-9-8-12-17(18)14-16-10-6-5-7-11-16/h5-13,20H,4,14-15H2,1-3H3. The van der Waals surface area contributed by atoms with Gasteiger partial charge in [-0.1, -0.05) is 55.5 Å². The third-order valence-corrected chi connectivity index (χ3v) is 3.40. The largest absolute Gasteiger partial charge is 0.486 e. The van der Waals surface area contributed by atoms with Crippen molar-refractivity contribution in [3.8, 4) is 5.75 Å². The highest BCUT2D eigenvalue weighted by molar-refractivity contribution is 5.37. The van der Waals surface area contributed by atoms with Crippen LogP contribution in [0.2, 0.25) is 0 Å². The van der Waals surface area contributed by atoms with Gasteiger partial charge in [-0.15, -0.1) is 0 Å². The number of rotatable bonds is 7. The summed E-state index contributed by atoms with van der Waals surface area (Å²) in [4.78, 5) is 0. The van der Waals surface area contributed by atoms with Crippen molar-refractivity contribution in [1.82, 2.24) is 5.32 Å². The van der Waals surface area contributed by atoms with E-state index in [-0.39, 0.29) is 5.60 Å². The fourth-order valence-electron chi connectivity index (χ4n) is 2.32. The molecule has 0 radical (unpaired) electrons. The number of benzene rings is 2. The zero-order valence-corrected chi connectivity index (χ0v) is 13.2. The van der Waals surface area contributed by atoms with Gasteiger partial charge in [-0.25, -0.2) is 0 Å². The van der Waals surface area contributed by atoms with Crippen molar-refractivity contribution in [3.63, 3.8) is 0 Å². The van der Waals surface area contributed by atoms with Gasteiger partial charge in [-0.3, -0.25) is 0 Å². The first-order chi connectivity index (χ1) is 10.1. The van der Waals surface area contributed by atoms with Crippen LogP contribution in [0.25, 0.3) is 0 Å². The second-order valence-electron chi connectivity index (χ2n) is 5.91. The molecule has 21 heavy (non-hydrogen) atoms. The SMILES string of the molecule is CCNCC(C)(C)Oc1ccccc1Cc1ccccc1. The van der Waals surface area contributed by atoms with Gasteiger partial charge in [0, 0.05) is 13.0 Å². The van der Waals surface area contributed by atoms with Crippen molar-refractivity contribution in [1.29, 1.82) is 0 Å². The lowest BCUT2D eigenvalue weighted by atomic mass is 10.0. The molecule has 0 saturated carbocycles. The summed E-state index contributed by atoms with van der Waals surface area (Å²) in [5.74, 6) is 0.976. The number of hydrogen-bond donors (Lipinski definition) is 1. The Morgan fingerprint density at radius 1 is 0.952 bits per heavy atom. The molecule has 2 heteroatoms. The molecule has 2 aromatic rings. The van der Waals surface area contributed by atoms with Gasteiger partial charge in [0.05, 0.1) is 0 Å². The molecule has 2 aromatic carbocycles. The number of para-hydroxylation sites is 1. The molecule has 0 unspecified atom stereocenters. The van der Waals surface area contributed by atoms with Crippen LogP contribution >= 0.6 is 0 Å². The first kappa shape index (κ1) is 15.6. The van der Waals surface area contributed by atoms with Crippen LogP contribution in [0.5, 0.6) is 5.75 Å². The van der Waals surface area contributed by atoms with E-state index in [0.717, 1.165) is 25.3 Å². The first-order valence-electron chi connectivity index (χ1n) is 7.62. The molecule has 0 saturated heterocycles. The van der Waals surface area contributed by atoms with Crippen molar-refractivity contribution >= 4 is 0 Å². The number of nitrogens with one attached hydrogen (secondary N) is 1. The summed E-state index contributed by atoms with van der Waals surface area (Å²) in [5, 5.41) is 3.35. The average Bonchev–Trinajstić information content (AvgIpc) is 2.48. The zero-order valence-electron chi connectivity index (χ0n) is 13.2. The molecule has 2 nitrogen and oxygen atoms in total. The molecule has 0 bridgehead atoms. The Morgan fingerprint density at radius 2 is 1.62 bits per heavy atom. The van der Waals surface area contributed by atoms with Crippen LogP contribution in [0, 0.1) is 0 Å². The van der Waals surface area contributed by atoms with Gasteiger partial charge in [0.2, 0.25) is 0 Å². The summed E-state index contributed by atoms with van der Waals surface area (Å²) >= 11 is 0. The van der Waals surface area contributed by atoms with E-state index < -0.39 is 0 Å². The van der Waals surface area contributed by atoms with Gasteiger partial charge < -0.3 is 10.1 Å². The number of likely N-dealkylation sites (N-methyl/N-ethyl adjacent to an activating group) is 1. The highest BCUT2D eigenvalue weighted by Crippen LogP contribution is 2.25. The van der Waals surface area contributed by atoms with Gasteiger partial charge in [0.15, 0.2) is 0 Å². The minimum Gasteiger partial charge on any atom is -0.486 e. The Kier molecular flexibility index (Phi) is 5.40. The van der Waals surface area contributed by atoms with Gasteiger partial charge in [-0.2, -0.15) is 0 Å². The summed E-state index contributed by atoms with van der Waals surface area (Å²) < 4.78 is 6.24. The molecule has 0 aliphatic rings. The number of ether oxygens (including phenoxy) is 1. The summed E-state index contributed by atoms with van der Waals surface area (Å²) in [5.41, 5.74) is 2.31. The molecule has 0 fully saturated rings. The van der Waals surface area contributed by atoms with Gasteiger partial charge in [-0.05, 0) is 37.6 Å². The number of hydrogen-bond acceptors (Lipinski definition) is 2. The fraction of sp³-hybridized carbons (Fsp3) is 0.368. The minimum absolute atomic E-state index is 0.219. The molecule has 0 atom stereocenters. The maximum Gasteiger partial charge on any atom is 0.123 e. The molecule has 1 N–H and O–H groups in total. The van der Waals surface area contributed by atoms with E-state index in [4.69, 9.17) is 4.74 Å². The van der Waals surface area contributed by atoms with E-state index >= 15 is 0 Å². The van der Waals surface area contributed by atoms with Gasteiger partial charge in [0.25, 0.3) is 0 Å². The third kappa shape index (κ3) is 4.91. The Morgan fingerprint density at radius 3 is 2.33 bits per heavy atom. The maximum atomic E-state index is 6.24. The molecule has 112 valence electrons. The van der Waals surface area contributed by atoms with Crippen molar-refractivity contribution in [3.05, 3.63) is 65.7 Å². The van der Waals surface area contributed by atoms with Gasteiger partial charge >= 0.3 is 0 Å². The van der Waals surface area contributed by atoms with Crippen LogP contribution in [0.1, 0.15) is 31.9 Å². The molecule has 0 amide bonds. The minimum atomic E-state index is -0.219. The molecule has 0 spiro atoms. The molecule has 0 aliphatic carbocycles. The fourth-order valence-corrected chi connectivity index (χ4v) is 2.32. The van der Waals surface area contributed by atoms with Crippen molar-refractivity contribution < 1.29 is 4.74 Å². The summed E-state index contributed by atoms with van der Waals surface area (Å²) in [6.07, 6.45) is 0.897. The second kappa shape index (κ2) is 7.28. The summed E-state index contributed by atoms with van der Waals surface area (Å²) in [6.45, 7) is 8.14. The lowest BCUT2D eigenvalue weighted by molar-refractivity contribution is 0.107. The van der Waals surface area contributed by atoms with Crippen LogP contribution in [-0.2, 0) is 6.42 Å². The Balaban J connectivity index is 2.13. The summed E-state index contributed by atoms with van der Waals surface area (Å²) in [7, 11) is 0. The molecule has 0 aromatic heterocycles. The highest BCUT2D eigenvalue weighted by Gasteiger charge is 2.20. The van der Waals surface area contributed by atoms with Crippen molar-refractivity contribution in [2.75, 3.05) is 13.1 Å². The highest BCUT2D eigenvalue weighted by atomic mass is 16.5. The van der Waals surface area contributed by atoms with E-state index in [1.165, 1.54) is 11.1 Å². The van der Waals surface area contributed by atoms with E-state index in [9.17, 15) is 0 Å². The molecule has 2 rings (SSSR count).